The Kier molecular flexibility index (Phi) is 10.9. The molecule has 2 aromatic heterocycles. The maximum Gasteiger partial charge on any atom is 0.295 e. The summed E-state index contributed by atoms with van der Waals surface area (Å²) in [6.07, 6.45) is 3.30. The summed E-state index contributed by atoms with van der Waals surface area (Å²) in [5.41, 5.74) is 8.25. The van der Waals surface area contributed by atoms with E-state index >= 15 is 0 Å². The first-order valence-corrected chi connectivity index (χ1v) is 17.8. The van der Waals surface area contributed by atoms with Gasteiger partial charge in [-0.3, -0.25) is 4.55 Å². The maximum absolute atomic E-state index is 12.5. The summed E-state index contributed by atoms with van der Waals surface area (Å²) in [4.78, 5) is 25.9. The monoisotopic (exact) mass is 747 g/mol. The number of aromatic nitrogens is 6. The normalized spacial score (nSPS) is 12.5. The highest BCUT2D eigenvalue weighted by Crippen LogP contribution is 2.27. The molecule has 0 aliphatic carbocycles. The Labute approximate surface area is 311 Å². The standard InChI is InChI=1S/C36H37N13O4S/c1-36(37,50)24-14-19-27(20-15-24)42-34-46-31(39-3)47-35(49-34)43-28-18-13-23(29(21-28)54(51,52)53)12-9-22-10-16-26(17-11-22)41-33-45-30(38-2)44-32(48-33)40-25-7-5-4-6-8-25/h4-21,50H,37H2,1-3H3,(H,51,52,53)(H3,38,40,41,44,45,48)(H3,39,42,43,46,47,49)/b12-9+. The number of nitrogens with zero attached hydrogens (tertiary/aromatic N) is 6. The first-order valence-electron chi connectivity index (χ1n) is 16.4. The predicted molar refractivity (Wildman–Crippen MR) is 210 cm³/mol. The number of nitrogens with two attached hydrogens (primary N) is 1. The molecule has 0 saturated heterocycles. The van der Waals surface area contributed by atoms with E-state index in [1.807, 2.05) is 54.6 Å². The highest BCUT2D eigenvalue weighted by atomic mass is 32.2. The molecule has 6 rings (SSSR count). The number of benzene rings is 4. The van der Waals surface area contributed by atoms with Crippen molar-refractivity contribution in [2.75, 3.05) is 46.0 Å². The highest BCUT2D eigenvalue weighted by Gasteiger charge is 2.18. The molecule has 17 nitrogen and oxygen atoms in total. The van der Waals surface area contributed by atoms with Crippen molar-refractivity contribution in [2.24, 2.45) is 5.73 Å². The molecule has 1 unspecified atom stereocenters. The second-order valence-electron chi connectivity index (χ2n) is 11.9. The van der Waals surface area contributed by atoms with Crippen molar-refractivity contribution in [3.05, 3.63) is 114 Å². The van der Waals surface area contributed by atoms with Gasteiger partial charge in [0.25, 0.3) is 10.1 Å². The van der Waals surface area contributed by atoms with E-state index in [-0.39, 0.29) is 28.3 Å². The summed E-state index contributed by atoms with van der Waals surface area (Å²) in [7, 11) is -1.28. The third-order valence-electron chi connectivity index (χ3n) is 7.64. The van der Waals surface area contributed by atoms with E-state index in [0.717, 1.165) is 11.3 Å². The number of hydrogen-bond donors (Lipinski definition) is 9. The molecular formula is C36H37N13O4S. The van der Waals surface area contributed by atoms with Crippen LogP contribution in [0.25, 0.3) is 12.2 Å². The molecule has 0 bridgehead atoms. The lowest BCUT2D eigenvalue weighted by Crippen LogP contribution is -2.32. The summed E-state index contributed by atoms with van der Waals surface area (Å²) >= 11 is 0. The van der Waals surface area contributed by atoms with Crippen molar-refractivity contribution in [1.29, 1.82) is 0 Å². The average Bonchev–Trinajstić information content (AvgIpc) is 3.14. The second kappa shape index (κ2) is 15.9. The van der Waals surface area contributed by atoms with E-state index in [0.29, 0.717) is 40.5 Å². The fourth-order valence-corrected chi connectivity index (χ4v) is 5.67. The lowest BCUT2D eigenvalue weighted by molar-refractivity contribution is 0.0647. The summed E-state index contributed by atoms with van der Waals surface area (Å²) in [5, 5.41) is 28.2. The van der Waals surface area contributed by atoms with Crippen molar-refractivity contribution in [1.82, 2.24) is 29.9 Å². The van der Waals surface area contributed by atoms with Crippen molar-refractivity contribution in [3.8, 4) is 0 Å². The fourth-order valence-electron chi connectivity index (χ4n) is 4.96. The quantitative estimate of drug-likeness (QED) is 0.0370. The van der Waals surface area contributed by atoms with Gasteiger partial charge in [-0.15, -0.1) is 0 Å². The number of nitrogens with one attached hydrogen (secondary N) is 6. The Morgan fingerprint density at radius 3 is 1.48 bits per heavy atom. The lowest BCUT2D eigenvalue weighted by atomic mass is 10.1. The number of rotatable bonds is 14. The largest absolute Gasteiger partial charge is 0.372 e. The zero-order chi connectivity index (χ0) is 38.3. The van der Waals surface area contributed by atoms with Gasteiger partial charge in [0.2, 0.25) is 35.7 Å². The van der Waals surface area contributed by atoms with Gasteiger partial charge in [-0.25, -0.2) is 0 Å². The third-order valence-corrected chi connectivity index (χ3v) is 8.55. The van der Waals surface area contributed by atoms with Gasteiger partial charge < -0.3 is 42.7 Å². The minimum atomic E-state index is -4.63. The van der Waals surface area contributed by atoms with E-state index in [2.05, 4.69) is 61.8 Å². The van der Waals surface area contributed by atoms with Crippen LogP contribution in [0.1, 0.15) is 23.6 Å². The Bertz CT molecular complexity index is 2370. The Morgan fingerprint density at radius 1 is 0.593 bits per heavy atom. The van der Waals surface area contributed by atoms with Gasteiger partial charge in [0.15, 0.2) is 0 Å². The minimum Gasteiger partial charge on any atom is -0.372 e. The van der Waals surface area contributed by atoms with Crippen molar-refractivity contribution >= 4 is 80.7 Å². The van der Waals surface area contributed by atoms with Crippen LogP contribution in [-0.4, -0.2) is 62.1 Å². The molecule has 0 amide bonds. The molecule has 0 spiro atoms. The number of para-hydroxylation sites is 1. The Hall–Kier alpha value is -6.73. The van der Waals surface area contributed by atoms with Crippen LogP contribution in [0.3, 0.4) is 0 Å². The number of anilines is 10. The molecule has 0 fully saturated rings. The molecule has 0 saturated carbocycles. The van der Waals surface area contributed by atoms with Crippen LogP contribution >= 0.6 is 0 Å². The van der Waals surface area contributed by atoms with Crippen molar-refractivity contribution in [3.63, 3.8) is 0 Å². The van der Waals surface area contributed by atoms with Crippen molar-refractivity contribution in [2.45, 2.75) is 17.5 Å². The molecule has 0 aliphatic heterocycles. The predicted octanol–water partition coefficient (Wildman–Crippen LogP) is 5.66. The van der Waals surface area contributed by atoms with Gasteiger partial charge in [0.1, 0.15) is 10.6 Å². The Morgan fingerprint density at radius 2 is 1.02 bits per heavy atom. The molecule has 2 heterocycles. The van der Waals surface area contributed by atoms with Gasteiger partial charge in [-0.1, -0.05) is 60.7 Å². The smallest absolute Gasteiger partial charge is 0.295 e. The van der Waals surface area contributed by atoms with Gasteiger partial charge in [0.05, 0.1) is 0 Å². The third kappa shape index (κ3) is 9.78. The van der Waals surface area contributed by atoms with Crippen LogP contribution in [0.5, 0.6) is 0 Å². The van der Waals surface area contributed by atoms with Crippen LogP contribution < -0.4 is 37.6 Å². The highest BCUT2D eigenvalue weighted by molar-refractivity contribution is 7.86. The zero-order valence-electron chi connectivity index (χ0n) is 29.3. The Balaban J connectivity index is 1.16. The van der Waals surface area contributed by atoms with E-state index in [9.17, 15) is 18.1 Å². The SMILES string of the molecule is CNc1nc(Nc2ccccc2)nc(Nc2ccc(/C=C/c3ccc(Nc4nc(NC)nc(Nc5ccc(C(C)(N)O)cc5)n4)cc3S(=O)(=O)O)cc2)n1. The van der Waals surface area contributed by atoms with E-state index in [1.54, 1.807) is 62.6 Å². The summed E-state index contributed by atoms with van der Waals surface area (Å²) < 4.78 is 35.1. The van der Waals surface area contributed by atoms with Gasteiger partial charge in [-0.2, -0.15) is 38.3 Å². The summed E-state index contributed by atoms with van der Waals surface area (Å²) in [6.45, 7) is 1.48. The average molecular weight is 748 g/mol. The van der Waals surface area contributed by atoms with Crippen LogP contribution in [0.15, 0.2) is 102 Å². The number of hydrogen-bond acceptors (Lipinski definition) is 16. The van der Waals surface area contributed by atoms with Gasteiger partial charge in [0, 0.05) is 36.8 Å². The van der Waals surface area contributed by atoms with Gasteiger partial charge in [-0.05, 0) is 72.1 Å². The second-order valence-corrected chi connectivity index (χ2v) is 13.3. The van der Waals surface area contributed by atoms with Gasteiger partial charge >= 0.3 is 0 Å². The molecule has 10 N–H and O–H groups in total. The molecule has 0 aliphatic rings. The van der Waals surface area contributed by atoms with E-state index < -0.39 is 15.8 Å². The minimum absolute atomic E-state index is 0.0969. The van der Waals surface area contributed by atoms with E-state index in [1.165, 1.54) is 13.0 Å². The molecule has 276 valence electrons. The van der Waals surface area contributed by atoms with Crippen LogP contribution in [0.2, 0.25) is 0 Å². The zero-order valence-corrected chi connectivity index (χ0v) is 30.1. The fraction of sp³-hybridized carbons (Fsp3) is 0.111. The van der Waals surface area contributed by atoms with Crippen molar-refractivity contribution < 1.29 is 18.1 Å². The molecular weight excluding hydrogens is 711 g/mol. The molecule has 54 heavy (non-hydrogen) atoms. The van der Waals surface area contributed by atoms with Crippen LogP contribution in [0.4, 0.5) is 58.4 Å². The summed E-state index contributed by atoms with van der Waals surface area (Å²) in [5.74, 6) is 1.57. The number of aliphatic hydroxyl groups is 1. The topological polar surface area (TPSA) is 250 Å². The first kappa shape index (κ1) is 37.0. The molecule has 1 atom stereocenters. The molecule has 4 aromatic carbocycles. The van der Waals surface area contributed by atoms with E-state index in [4.69, 9.17) is 5.73 Å². The van der Waals surface area contributed by atoms with Crippen LogP contribution in [0, 0.1) is 0 Å². The molecule has 0 radical (unpaired) electrons. The maximum atomic E-state index is 12.5. The summed E-state index contributed by atoms with van der Waals surface area (Å²) in [6, 6.07) is 28.0. The molecule has 18 heteroatoms. The lowest BCUT2D eigenvalue weighted by Gasteiger charge is -2.18. The molecule has 6 aromatic rings. The van der Waals surface area contributed by atoms with Crippen LogP contribution in [-0.2, 0) is 15.8 Å². The first-order chi connectivity index (χ1) is 25.8.